The first-order valence-corrected chi connectivity index (χ1v) is 9.51. The van der Waals surface area contributed by atoms with Gasteiger partial charge in [-0.15, -0.1) is 0 Å². The van der Waals surface area contributed by atoms with Crippen LogP contribution in [0.5, 0.6) is 0 Å². The van der Waals surface area contributed by atoms with Gasteiger partial charge in [0.25, 0.3) is 0 Å². The van der Waals surface area contributed by atoms with Gasteiger partial charge in [-0.3, -0.25) is 29.1 Å². The lowest BCUT2D eigenvalue weighted by atomic mass is 10.2. The van der Waals surface area contributed by atoms with Gasteiger partial charge >= 0.3 is 18.1 Å². The minimum absolute atomic E-state index is 0. The van der Waals surface area contributed by atoms with Crippen molar-refractivity contribution in [1.82, 2.24) is 19.6 Å². The average molecular weight is 433 g/mol. The van der Waals surface area contributed by atoms with Gasteiger partial charge in [-0.25, -0.2) is 0 Å². The van der Waals surface area contributed by atoms with Crippen molar-refractivity contribution >= 4 is 23.9 Å². The van der Waals surface area contributed by atoms with Crippen molar-refractivity contribution in [2.24, 2.45) is 0 Å². The van der Waals surface area contributed by atoms with Gasteiger partial charge < -0.3 is 15.1 Å². The summed E-state index contributed by atoms with van der Waals surface area (Å²) in [5.74, 6) is -1.61. The molecule has 1 heterocycles. The number of ketones is 1. The van der Waals surface area contributed by atoms with Gasteiger partial charge in [0.1, 0.15) is 5.78 Å². The molecule has 2 N–H and O–H groups in total. The predicted octanol–water partition coefficient (Wildman–Crippen LogP) is -0.961. The highest BCUT2D eigenvalue weighted by Gasteiger charge is 2.18. The summed E-state index contributed by atoms with van der Waals surface area (Å²) in [7, 11) is 1.99. The van der Waals surface area contributed by atoms with Crippen molar-refractivity contribution < 1.29 is 34.2 Å². The number of aliphatic carboxylic acids is 2. The Morgan fingerprint density at radius 3 is 1.33 bits per heavy atom. The van der Waals surface area contributed by atoms with Crippen LogP contribution >= 0.6 is 0 Å². The van der Waals surface area contributed by atoms with E-state index in [1.54, 1.807) is 0 Å². The normalized spacial score (nSPS) is 17.8. The first-order chi connectivity index (χ1) is 13.7. The number of likely N-dealkylation sites (N-methyl/N-ethyl adjacent to an activating group) is 1. The van der Waals surface area contributed by atoms with Crippen LogP contribution in [-0.4, -0.2) is 133 Å². The molecule has 0 atom stereocenters. The second-order valence-corrected chi connectivity index (χ2v) is 6.89. The second-order valence-electron chi connectivity index (χ2n) is 6.89. The zero-order valence-corrected chi connectivity index (χ0v) is 17.2. The molecule has 1 fully saturated rings. The zero-order valence-electron chi connectivity index (χ0n) is 17.2. The largest absolute Gasteiger partial charge is 0.480 e. The van der Waals surface area contributed by atoms with Gasteiger partial charge in [-0.1, -0.05) is 14.4 Å². The third-order valence-corrected chi connectivity index (χ3v) is 4.57. The fraction of sp³-hybridized carbons (Fsp3) is 0.789. The molecule has 0 unspecified atom stereocenters. The fourth-order valence-corrected chi connectivity index (χ4v) is 2.86. The van der Waals surface area contributed by atoms with Crippen LogP contribution in [0.3, 0.4) is 0 Å². The number of hydrogen-bond donors (Lipinski definition) is 2. The molecule has 0 amide bonds. The topological polar surface area (TPSA) is 139 Å². The van der Waals surface area contributed by atoms with E-state index in [1.807, 2.05) is 23.8 Å². The summed E-state index contributed by atoms with van der Waals surface area (Å²) in [6, 6.07) is 0. The molecule has 0 aliphatic carbocycles. The number of carboxylic acid groups (broad SMARTS) is 2. The lowest BCUT2D eigenvalue weighted by molar-refractivity contribution is -0.191. The molecule has 1 rings (SSSR count). The molecule has 1 aliphatic rings. The molecule has 0 aromatic heterocycles. The molecule has 11 nitrogen and oxygen atoms in total. The number of rotatable bonds is 7. The molecule has 1 aliphatic heterocycles. The minimum atomic E-state index is -0.905. The lowest BCUT2D eigenvalue weighted by Crippen LogP contribution is -2.47. The molecule has 1 saturated heterocycles. The molecule has 0 radical (unpaired) electrons. The van der Waals surface area contributed by atoms with E-state index in [1.165, 1.54) is 0 Å². The van der Waals surface area contributed by atoms with Gasteiger partial charge in [0, 0.05) is 58.8 Å². The highest BCUT2D eigenvalue weighted by Crippen LogP contribution is 2.00. The number of carbonyl (C=O) groups is 3. The Kier molecular flexibility index (Phi) is 17.7. The second kappa shape index (κ2) is 17.7. The summed E-state index contributed by atoms with van der Waals surface area (Å²) >= 11 is 0. The number of Topliss-reactive ketones (excluding diaryl/α,β-unsaturated/α-hetero) is 1. The quantitative estimate of drug-likeness (QED) is 0.514. The third-order valence-electron chi connectivity index (χ3n) is 4.57. The summed E-state index contributed by atoms with van der Waals surface area (Å²) in [5, 5.41) is 18.2. The number of carbonyl (C=O) groups excluding carboxylic acids is 3. The number of carboxylic acids is 2. The SMILES string of the molecule is C.CCC(=O)CN1CCN(C)CCN(CC(=O)O)CCN(CC(=O)O)CC1.O=C=O. The Bertz CT molecular complexity index is 553. The standard InChI is InChI=1S/C17H32N4O5.CO2.CH4/c1-3-15(22)12-19-6-4-18(2)5-7-20(13-16(23)24)10-11-21(9-8-19)14-17(25)26;2-1-3;/h3-14H2,1-2H3,(H,23,24)(H,25,26);;1H4. The number of nitrogens with zero attached hydrogens (tertiary/aromatic N) is 4. The lowest BCUT2D eigenvalue weighted by Gasteiger charge is -2.32. The van der Waals surface area contributed by atoms with Gasteiger partial charge in [-0.2, -0.15) is 9.59 Å². The van der Waals surface area contributed by atoms with Crippen molar-refractivity contribution in [2.45, 2.75) is 20.8 Å². The molecule has 174 valence electrons. The maximum atomic E-state index is 11.8. The zero-order chi connectivity index (χ0) is 22.2. The molecule has 11 heteroatoms. The van der Waals surface area contributed by atoms with E-state index in [2.05, 4.69) is 9.80 Å². The fourth-order valence-electron chi connectivity index (χ4n) is 2.86. The smallest absolute Gasteiger partial charge is 0.373 e. The Morgan fingerprint density at radius 1 is 0.733 bits per heavy atom. The molecular formula is C19H36N4O7. The van der Waals surface area contributed by atoms with E-state index in [4.69, 9.17) is 19.8 Å². The van der Waals surface area contributed by atoms with Crippen molar-refractivity contribution in [3.63, 3.8) is 0 Å². The van der Waals surface area contributed by atoms with Crippen LogP contribution in [0.2, 0.25) is 0 Å². The Morgan fingerprint density at radius 2 is 1.03 bits per heavy atom. The van der Waals surface area contributed by atoms with Gasteiger partial charge in [-0.05, 0) is 7.05 Å². The third kappa shape index (κ3) is 15.7. The van der Waals surface area contributed by atoms with E-state index in [-0.39, 0.29) is 32.5 Å². The first-order valence-electron chi connectivity index (χ1n) is 9.51. The average Bonchev–Trinajstić information content (AvgIpc) is 2.64. The highest BCUT2D eigenvalue weighted by molar-refractivity contribution is 5.80. The molecular weight excluding hydrogens is 396 g/mol. The van der Waals surface area contributed by atoms with Crippen LogP contribution in [-0.2, 0) is 24.0 Å². The van der Waals surface area contributed by atoms with Crippen LogP contribution < -0.4 is 0 Å². The van der Waals surface area contributed by atoms with Crippen molar-refractivity contribution in [3.05, 3.63) is 0 Å². The van der Waals surface area contributed by atoms with Crippen molar-refractivity contribution in [1.29, 1.82) is 0 Å². The summed E-state index contributed by atoms with van der Waals surface area (Å²) in [6.45, 7) is 7.07. The molecule has 0 aromatic rings. The first kappa shape index (κ1) is 30.0. The van der Waals surface area contributed by atoms with E-state index < -0.39 is 11.9 Å². The number of hydrogen-bond acceptors (Lipinski definition) is 9. The monoisotopic (exact) mass is 432 g/mol. The van der Waals surface area contributed by atoms with Crippen molar-refractivity contribution in [2.75, 3.05) is 79.0 Å². The molecule has 0 spiro atoms. The van der Waals surface area contributed by atoms with E-state index in [9.17, 15) is 14.4 Å². The Hall–Kier alpha value is -2.17. The minimum Gasteiger partial charge on any atom is -0.480 e. The van der Waals surface area contributed by atoms with Crippen LogP contribution in [0.1, 0.15) is 20.8 Å². The van der Waals surface area contributed by atoms with Crippen LogP contribution in [0.15, 0.2) is 0 Å². The van der Waals surface area contributed by atoms with Gasteiger partial charge in [0.15, 0.2) is 0 Å². The summed E-state index contributed by atoms with van der Waals surface area (Å²) < 4.78 is 0. The van der Waals surface area contributed by atoms with E-state index in [0.717, 1.165) is 19.6 Å². The van der Waals surface area contributed by atoms with E-state index >= 15 is 0 Å². The molecule has 0 aromatic carbocycles. The van der Waals surface area contributed by atoms with Gasteiger partial charge in [0.05, 0.1) is 19.6 Å². The summed E-state index contributed by atoms with van der Waals surface area (Å²) in [5.41, 5.74) is 0. The van der Waals surface area contributed by atoms with Crippen LogP contribution in [0.25, 0.3) is 0 Å². The van der Waals surface area contributed by atoms with Crippen LogP contribution in [0, 0.1) is 0 Å². The highest BCUT2D eigenvalue weighted by atomic mass is 16.4. The summed E-state index contributed by atoms with van der Waals surface area (Å²) in [4.78, 5) is 58.1. The molecule has 0 bridgehead atoms. The Balaban J connectivity index is 0. The molecule has 0 saturated carbocycles. The van der Waals surface area contributed by atoms with E-state index in [0.29, 0.717) is 45.7 Å². The van der Waals surface area contributed by atoms with Crippen LogP contribution in [0.4, 0.5) is 0 Å². The molecule has 30 heavy (non-hydrogen) atoms. The maximum Gasteiger partial charge on any atom is 0.373 e. The predicted molar refractivity (Wildman–Crippen MR) is 109 cm³/mol. The van der Waals surface area contributed by atoms with Crippen molar-refractivity contribution in [3.8, 4) is 0 Å². The summed E-state index contributed by atoms with van der Waals surface area (Å²) in [6.07, 6.45) is 0.745. The maximum absolute atomic E-state index is 11.8. The Labute approximate surface area is 178 Å². The van der Waals surface area contributed by atoms with Gasteiger partial charge in [0.2, 0.25) is 0 Å².